The predicted octanol–water partition coefficient (Wildman–Crippen LogP) is 1.50. The first kappa shape index (κ1) is 10.1. The molecule has 1 fully saturated rings. The Balaban J connectivity index is 2.60. The van der Waals surface area contributed by atoms with Crippen molar-refractivity contribution < 1.29 is 9.90 Å². The lowest BCUT2D eigenvalue weighted by Gasteiger charge is -2.18. The fourth-order valence-electron chi connectivity index (χ4n) is 1.72. The molecular weight excluding hydrogens is 165 g/mol. The van der Waals surface area contributed by atoms with Gasteiger partial charge >= 0.3 is 5.97 Å². The molecule has 0 aromatic heterocycles. The maximum Gasteiger partial charge on any atom is 0.306 e. The van der Waals surface area contributed by atoms with Crippen molar-refractivity contribution in [1.82, 2.24) is 0 Å². The summed E-state index contributed by atoms with van der Waals surface area (Å²) in [5, 5.41) is 16.8. The van der Waals surface area contributed by atoms with Crippen LogP contribution in [0.3, 0.4) is 0 Å². The highest BCUT2D eigenvalue weighted by atomic mass is 16.4. The Morgan fingerprint density at radius 3 is 2.77 bits per heavy atom. The summed E-state index contributed by atoms with van der Waals surface area (Å²) in [5.74, 6) is -1.07. The maximum absolute atomic E-state index is 10.7. The van der Waals surface area contributed by atoms with Crippen LogP contribution >= 0.6 is 0 Å². The van der Waals surface area contributed by atoms with Crippen molar-refractivity contribution >= 4 is 13.8 Å². The van der Waals surface area contributed by atoms with Crippen LogP contribution < -0.4 is 0 Å². The van der Waals surface area contributed by atoms with Crippen LogP contribution in [0.5, 0.6) is 0 Å². The fraction of sp³-hybridized carbons (Fsp3) is 0.778. The summed E-state index contributed by atoms with van der Waals surface area (Å²) >= 11 is 0. The summed E-state index contributed by atoms with van der Waals surface area (Å²) in [4.78, 5) is 10.7. The lowest BCUT2D eigenvalue weighted by molar-refractivity contribution is -0.142. The van der Waals surface area contributed by atoms with E-state index in [-0.39, 0.29) is 5.92 Å². The summed E-state index contributed by atoms with van der Waals surface area (Å²) < 4.78 is 0. The Bertz CT molecular complexity index is 248. The average Bonchev–Trinajstić information content (AvgIpc) is 2.28. The van der Waals surface area contributed by atoms with Crippen molar-refractivity contribution in [2.75, 3.05) is 0 Å². The number of nitriles is 1. The van der Waals surface area contributed by atoms with E-state index in [2.05, 4.69) is 6.07 Å². The van der Waals surface area contributed by atoms with Crippen LogP contribution in [0, 0.1) is 17.2 Å². The molecule has 0 heterocycles. The van der Waals surface area contributed by atoms with Gasteiger partial charge in [0.2, 0.25) is 0 Å². The first-order chi connectivity index (χ1) is 6.07. The number of hydrogen-bond acceptors (Lipinski definition) is 2. The zero-order valence-electron chi connectivity index (χ0n) is 7.49. The third kappa shape index (κ3) is 2.48. The number of rotatable bonds is 1. The number of carboxylic acids is 1. The van der Waals surface area contributed by atoms with E-state index >= 15 is 0 Å². The molecule has 0 amide bonds. The molecule has 0 bridgehead atoms. The molecule has 0 aromatic carbocycles. The number of hydrogen-bond donors (Lipinski definition) is 1. The quantitative estimate of drug-likeness (QED) is 0.487. The van der Waals surface area contributed by atoms with E-state index < -0.39 is 11.3 Å². The predicted molar refractivity (Wildman–Crippen MR) is 48.3 cm³/mol. The van der Waals surface area contributed by atoms with Gasteiger partial charge in [-0.05, 0) is 25.7 Å². The van der Waals surface area contributed by atoms with E-state index in [4.69, 9.17) is 18.2 Å². The highest BCUT2D eigenvalue weighted by Crippen LogP contribution is 2.39. The molecule has 2 radical (unpaired) electrons. The van der Waals surface area contributed by atoms with E-state index in [1.807, 2.05) is 0 Å². The van der Waals surface area contributed by atoms with Crippen molar-refractivity contribution in [3.63, 3.8) is 0 Å². The second-order valence-corrected chi connectivity index (χ2v) is 3.73. The highest BCUT2D eigenvalue weighted by molar-refractivity contribution is 6.17. The first-order valence-corrected chi connectivity index (χ1v) is 4.50. The van der Waals surface area contributed by atoms with Crippen molar-refractivity contribution in [3.8, 4) is 6.07 Å². The molecule has 1 N–H and O–H groups in total. The fourth-order valence-corrected chi connectivity index (χ4v) is 1.72. The summed E-state index contributed by atoms with van der Waals surface area (Å²) in [6, 6.07) is 2.06. The average molecular weight is 177 g/mol. The van der Waals surface area contributed by atoms with E-state index in [1.165, 1.54) is 0 Å². The van der Waals surface area contributed by atoms with Crippen LogP contribution in [0.4, 0.5) is 0 Å². The van der Waals surface area contributed by atoms with Gasteiger partial charge in [-0.25, -0.2) is 0 Å². The molecule has 1 aliphatic rings. The van der Waals surface area contributed by atoms with Gasteiger partial charge in [0.05, 0.1) is 19.8 Å². The van der Waals surface area contributed by atoms with E-state index in [1.54, 1.807) is 0 Å². The standard InChI is InChI=1S/C9H12BNO2/c10-9(6-11)4-1-2-7(3-5-9)8(12)13/h7H,1-5H2,(H,12,13). The van der Waals surface area contributed by atoms with Crippen LogP contribution in [-0.2, 0) is 4.79 Å². The lowest BCUT2D eigenvalue weighted by Crippen LogP contribution is -2.13. The number of carbonyl (C=O) groups is 1. The molecule has 1 saturated carbocycles. The van der Waals surface area contributed by atoms with Gasteiger partial charge in [0, 0.05) is 5.31 Å². The van der Waals surface area contributed by atoms with Gasteiger partial charge in [-0.1, -0.05) is 6.42 Å². The largest absolute Gasteiger partial charge is 0.481 e. The zero-order valence-corrected chi connectivity index (χ0v) is 7.49. The van der Waals surface area contributed by atoms with E-state index in [0.29, 0.717) is 25.7 Å². The van der Waals surface area contributed by atoms with Gasteiger partial charge in [0.15, 0.2) is 0 Å². The molecule has 0 aromatic rings. The molecule has 2 atom stereocenters. The highest BCUT2D eigenvalue weighted by Gasteiger charge is 2.30. The van der Waals surface area contributed by atoms with Crippen LogP contribution in [0.25, 0.3) is 0 Å². The van der Waals surface area contributed by atoms with Crippen molar-refractivity contribution in [3.05, 3.63) is 0 Å². The summed E-state index contributed by atoms with van der Waals surface area (Å²) in [6.07, 6.45) is 3.03. The van der Waals surface area contributed by atoms with Crippen molar-refractivity contribution in [2.45, 2.75) is 37.4 Å². The second-order valence-electron chi connectivity index (χ2n) is 3.73. The third-order valence-corrected chi connectivity index (χ3v) is 2.69. The van der Waals surface area contributed by atoms with Crippen molar-refractivity contribution in [2.24, 2.45) is 5.92 Å². The van der Waals surface area contributed by atoms with Gasteiger partial charge in [-0.15, -0.1) is 0 Å². The SMILES string of the molecule is [B]C1(C#N)CCCC(C(=O)O)CC1. The number of nitrogens with zero attached hydrogens (tertiary/aromatic N) is 1. The number of carboxylic acid groups (broad SMARTS) is 1. The molecule has 0 saturated heterocycles. The Morgan fingerprint density at radius 1 is 1.54 bits per heavy atom. The van der Waals surface area contributed by atoms with Gasteiger partial charge < -0.3 is 5.11 Å². The number of aliphatic carboxylic acids is 1. The van der Waals surface area contributed by atoms with Crippen LogP contribution in [0.1, 0.15) is 32.1 Å². The topological polar surface area (TPSA) is 61.1 Å². The lowest BCUT2D eigenvalue weighted by atomic mass is 9.65. The Morgan fingerprint density at radius 2 is 2.23 bits per heavy atom. The normalized spacial score (nSPS) is 34.5. The van der Waals surface area contributed by atoms with Crippen LogP contribution in [0.15, 0.2) is 0 Å². The van der Waals surface area contributed by atoms with Gasteiger partial charge in [0.25, 0.3) is 0 Å². The van der Waals surface area contributed by atoms with Gasteiger partial charge in [0.1, 0.15) is 0 Å². The smallest absolute Gasteiger partial charge is 0.306 e. The van der Waals surface area contributed by atoms with Crippen LogP contribution in [-0.4, -0.2) is 18.9 Å². The van der Waals surface area contributed by atoms with Gasteiger partial charge in [-0.3, -0.25) is 4.79 Å². The Labute approximate surface area is 79.2 Å². The second kappa shape index (κ2) is 3.82. The molecule has 13 heavy (non-hydrogen) atoms. The Hall–Kier alpha value is -0.975. The molecule has 4 heteroatoms. The Kier molecular flexibility index (Phi) is 2.97. The summed E-state index contributed by atoms with van der Waals surface area (Å²) in [5.41, 5.74) is 0. The third-order valence-electron chi connectivity index (χ3n) is 2.69. The monoisotopic (exact) mass is 177 g/mol. The maximum atomic E-state index is 10.7. The summed E-state index contributed by atoms with van der Waals surface area (Å²) in [6.45, 7) is 0. The molecule has 0 spiro atoms. The molecule has 1 aliphatic carbocycles. The van der Waals surface area contributed by atoms with Crippen molar-refractivity contribution in [1.29, 1.82) is 5.26 Å². The molecular formula is C9H12BNO2. The van der Waals surface area contributed by atoms with Gasteiger partial charge in [-0.2, -0.15) is 5.26 Å². The minimum atomic E-state index is -0.787. The van der Waals surface area contributed by atoms with E-state index in [0.717, 1.165) is 6.42 Å². The van der Waals surface area contributed by atoms with E-state index in [9.17, 15) is 4.79 Å². The molecule has 1 rings (SSSR count). The minimum absolute atomic E-state index is 0.307. The molecule has 68 valence electrons. The molecule has 2 unspecified atom stereocenters. The minimum Gasteiger partial charge on any atom is -0.481 e. The summed E-state index contributed by atoms with van der Waals surface area (Å²) in [7, 11) is 5.77. The molecule has 0 aliphatic heterocycles. The molecule has 3 nitrogen and oxygen atoms in total. The zero-order chi connectivity index (χ0) is 9.90. The first-order valence-electron chi connectivity index (χ1n) is 4.50. The van der Waals surface area contributed by atoms with Crippen LogP contribution in [0.2, 0.25) is 5.31 Å².